The van der Waals surface area contributed by atoms with Gasteiger partial charge in [-0.25, -0.2) is 8.42 Å². The lowest BCUT2D eigenvalue weighted by molar-refractivity contribution is 0.0658. The van der Waals surface area contributed by atoms with Crippen molar-refractivity contribution in [2.75, 3.05) is 32.1 Å². The Hall–Kier alpha value is -1.76. The smallest absolute Gasteiger partial charge is 0.254 e. The molecule has 0 unspecified atom stereocenters. The molecular formula is C18H27NO5S. The maximum atomic E-state index is 12.6. The number of benzene rings is 1. The number of hydrogen-bond donors (Lipinski definition) is 0. The minimum absolute atomic E-state index is 0.0922. The van der Waals surface area contributed by atoms with Crippen LogP contribution in [0, 0.1) is 5.92 Å². The Morgan fingerprint density at radius 3 is 2.32 bits per heavy atom. The summed E-state index contributed by atoms with van der Waals surface area (Å²) < 4.78 is 35.5. The van der Waals surface area contributed by atoms with Crippen LogP contribution < -0.4 is 9.47 Å². The van der Waals surface area contributed by atoms with Crippen molar-refractivity contribution in [3.05, 3.63) is 23.8 Å². The van der Waals surface area contributed by atoms with E-state index >= 15 is 0 Å². The number of amides is 1. The Morgan fingerprint density at radius 1 is 1.16 bits per heavy atom. The molecule has 1 aliphatic rings. The van der Waals surface area contributed by atoms with Crippen molar-refractivity contribution in [1.29, 1.82) is 0 Å². The van der Waals surface area contributed by atoms with E-state index in [9.17, 15) is 13.2 Å². The zero-order valence-electron chi connectivity index (χ0n) is 15.3. The average Bonchev–Trinajstić information content (AvgIpc) is 2.46. The standard InChI is InChI=1S/C18H27NO5S/c1-5-23-16-8-7-14(9-17(16)24-6-2)18(20)19-10-15(11-19)25(21,22)12-13(3)4/h7-9,13,15H,5-6,10-12H2,1-4H3. The SMILES string of the molecule is CCOc1ccc(C(=O)N2CC(S(=O)(=O)CC(C)C)C2)cc1OCC. The average molecular weight is 369 g/mol. The summed E-state index contributed by atoms with van der Waals surface area (Å²) in [4.78, 5) is 14.1. The van der Waals surface area contributed by atoms with Gasteiger partial charge in [0.2, 0.25) is 0 Å². The molecule has 6 nitrogen and oxygen atoms in total. The van der Waals surface area contributed by atoms with E-state index in [0.717, 1.165) is 0 Å². The molecular weight excluding hydrogens is 342 g/mol. The third-order valence-corrected chi connectivity index (χ3v) is 6.44. The summed E-state index contributed by atoms with van der Waals surface area (Å²) in [7, 11) is -3.14. The van der Waals surface area contributed by atoms with Gasteiger partial charge in [-0.15, -0.1) is 0 Å². The molecule has 1 fully saturated rings. The normalized spacial score (nSPS) is 15.2. The summed E-state index contributed by atoms with van der Waals surface area (Å²) in [5.41, 5.74) is 0.478. The van der Waals surface area contributed by atoms with E-state index in [-0.39, 0.29) is 30.7 Å². The fourth-order valence-corrected chi connectivity index (χ4v) is 4.81. The minimum Gasteiger partial charge on any atom is -0.490 e. The molecule has 1 aromatic rings. The number of rotatable bonds is 8. The second-order valence-corrected chi connectivity index (χ2v) is 8.91. The van der Waals surface area contributed by atoms with E-state index in [1.165, 1.54) is 0 Å². The van der Waals surface area contributed by atoms with E-state index in [0.29, 0.717) is 30.3 Å². The van der Waals surface area contributed by atoms with Crippen molar-refractivity contribution in [3.8, 4) is 11.5 Å². The van der Waals surface area contributed by atoms with E-state index in [1.54, 1.807) is 23.1 Å². The Kier molecular flexibility index (Phi) is 6.32. The summed E-state index contributed by atoms with van der Waals surface area (Å²) in [6.45, 7) is 9.00. The minimum atomic E-state index is -3.14. The monoisotopic (exact) mass is 369 g/mol. The lowest BCUT2D eigenvalue weighted by atomic mass is 10.1. The van der Waals surface area contributed by atoms with Gasteiger partial charge in [0.1, 0.15) is 0 Å². The molecule has 0 spiro atoms. The summed E-state index contributed by atoms with van der Waals surface area (Å²) in [5, 5.41) is -0.451. The molecule has 1 heterocycles. The summed E-state index contributed by atoms with van der Waals surface area (Å²) in [5.74, 6) is 1.20. The number of hydrogen-bond acceptors (Lipinski definition) is 5. The van der Waals surface area contributed by atoms with E-state index in [2.05, 4.69) is 0 Å². The lowest BCUT2D eigenvalue weighted by Crippen LogP contribution is -2.57. The number of ether oxygens (including phenoxy) is 2. The zero-order valence-corrected chi connectivity index (χ0v) is 16.1. The molecule has 7 heteroatoms. The molecule has 0 N–H and O–H groups in total. The molecule has 0 radical (unpaired) electrons. The molecule has 25 heavy (non-hydrogen) atoms. The molecule has 1 aliphatic heterocycles. The molecule has 140 valence electrons. The molecule has 0 aromatic heterocycles. The van der Waals surface area contributed by atoms with Crippen molar-refractivity contribution < 1.29 is 22.7 Å². The first-order valence-corrected chi connectivity index (χ1v) is 10.4. The Bertz CT molecular complexity index is 708. The van der Waals surface area contributed by atoms with Crippen LogP contribution in [0.2, 0.25) is 0 Å². The fourth-order valence-electron chi connectivity index (χ4n) is 2.80. The van der Waals surface area contributed by atoms with Gasteiger partial charge in [0.15, 0.2) is 21.3 Å². The first-order valence-electron chi connectivity index (χ1n) is 8.69. The number of nitrogens with zero attached hydrogens (tertiary/aromatic N) is 1. The molecule has 1 aromatic carbocycles. The van der Waals surface area contributed by atoms with E-state index < -0.39 is 15.1 Å². The zero-order chi connectivity index (χ0) is 18.6. The molecule has 1 amide bonds. The highest BCUT2D eigenvalue weighted by atomic mass is 32.2. The predicted octanol–water partition coefficient (Wildman–Crippen LogP) is 2.38. The lowest BCUT2D eigenvalue weighted by Gasteiger charge is -2.39. The first kappa shape index (κ1) is 19.6. The Morgan fingerprint density at radius 2 is 1.76 bits per heavy atom. The van der Waals surface area contributed by atoms with Crippen LogP contribution in [0.3, 0.4) is 0 Å². The van der Waals surface area contributed by atoms with Crippen LogP contribution in [0.1, 0.15) is 38.1 Å². The number of carbonyl (C=O) groups is 1. The van der Waals surface area contributed by atoms with Gasteiger partial charge >= 0.3 is 0 Å². The maximum Gasteiger partial charge on any atom is 0.254 e. The molecule has 0 bridgehead atoms. The highest BCUT2D eigenvalue weighted by Crippen LogP contribution is 2.30. The molecule has 0 saturated carbocycles. The predicted molar refractivity (Wildman–Crippen MR) is 97.1 cm³/mol. The maximum absolute atomic E-state index is 12.6. The van der Waals surface area contributed by atoms with Crippen LogP contribution in [0.5, 0.6) is 11.5 Å². The highest BCUT2D eigenvalue weighted by molar-refractivity contribution is 7.92. The van der Waals surface area contributed by atoms with Gasteiger partial charge in [-0.2, -0.15) is 0 Å². The second kappa shape index (κ2) is 8.08. The van der Waals surface area contributed by atoms with Crippen LogP contribution in [-0.2, 0) is 9.84 Å². The van der Waals surface area contributed by atoms with E-state index in [4.69, 9.17) is 9.47 Å². The van der Waals surface area contributed by atoms with Crippen LogP contribution >= 0.6 is 0 Å². The largest absolute Gasteiger partial charge is 0.490 e. The third-order valence-electron chi connectivity index (χ3n) is 4.00. The molecule has 0 atom stereocenters. The Labute approximate surface area is 150 Å². The molecule has 1 saturated heterocycles. The first-order chi connectivity index (χ1) is 11.8. The molecule has 2 rings (SSSR count). The van der Waals surface area contributed by atoms with Crippen LogP contribution in [0.4, 0.5) is 0 Å². The van der Waals surface area contributed by atoms with Gasteiger partial charge in [0, 0.05) is 18.7 Å². The van der Waals surface area contributed by atoms with Crippen LogP contribution in [0.15, 0.2) is 18.2 Å². The van der Waals surface area contributed by atoms with Crippen molar-refractivity contribution in [2.45, 2.75) is 32.9 Å². The van der Waals surface area contributed by atoms with Gasteiger partial charge < -0.3 is 14.4 Å². The van der Waals surface area contributed by atoms with Gasteiger partial charge in [-0.05, 0) is 38.0 Å². The van der Waals surface area contributed by atoms with E-state index in [1.807, 2.05) is 27.7 Å². The third kappa shape index (κ3) is 4.66. The fraction of sp³-hybridized carbons (Fsp3) is 0.611. The number of sulfone groups is 1. The van der Waals surface area contributed by atoms with Gasteiger partial charge in [-0.3, -0.25) is 4.79 Å². The summed E-state index contributed by atoms with van der Waals surface area (Å²) >= 11 is 0. The van der Waals surface area contributed by atoms with Crippen LogP contribution in [-0.4, -0.2) is 56.5 Å². The van der Waals surface area contributed by atoms with Crippen LogP contribution in [0.25, 0.3) is 0 Å². The van der Waals surface area contributed by atoms with Gasteiger partial charge in [0.05, 0.1) is 24.2 Å². The van der Waals surface area contributed by atoms with Gasteiger partial charge in [0.25, 0.3) is 5.91 Å². The van der Waals surface area contributed by atoms with Crippen molar-refractivity contribution in [3.63, 3.8) is 0 Å². The second-order valence-electron chi connectivity index (χ2n) is 6.58. The van der Waals surface area contributed by atoms with Gasteiger partial charge in [-0.1, -0.05) is 13.8 Å². The number of likely N-dealkylation sites (tertiary alicyclic amines) is 1. The van der Waals surface area contributed by atoms with Crippen molar-refractivity contribution in [1.82, 2.24) is 4.90 Å². The number of carbonyl (C=O) groups excluding carboxylic acids is 1. The quantitative estimate of drug-likeness (QED) is 0.703. The highest BCUT2D eigenvalue weighted by Gasteiger charge is 2.40. The van der Waals surface area contributed by atoms with Crippen molar-refractivity contribution in [2.24, 2.45) is 5.92 Å². The van der Waals surface area contributed by atoms with Crippen molar-refractivity contribution >= 4 is 15.7 Å². The Balaban J connectivity index is 2.06. The molecule has 0 aliphatic carbocycles. The summed E-state index contributed by atoms with van der Waals surface area (Å²) in [6, 6.07) is 5.06. The summed E-state index contributed by atoms with van der Waals surface area (Å²) in [6.07, 6.45) is 0. The topological polar surface area (TPSA) is 72.9 Å².